The lowest BCUT2D eigenvalue weighted by Crippen LogP contribution is -1.87. The van der Waals surface area contributed by atoms with Gasteiger partial charge in [0.2, 0.25) is 0 Å². The number of benzene rings is 1. The maximum absolute atomic E-state index is 10.7. The Kier molecular flexibility index (Phi) is 8.75. The Morgan fingerprint density at radius 1 is 0.917 bits per heavy atom. The fourth-order valence-electron chi connectivity index (χ4n) is 2.88. The normalized spacial score (nSPS) is 10.9. The van der Waals surface area contributed by atoms with Crippen molar-refractivity contribution < 1.29 is 4.79 Å². The van der Waals surface area contributed by atoms with Gasteiger partial charge in [-0.2, -0.15) is 0 Å². The molecule has 1 aromatic carbocycles. The predicted octanol–water partition coefficient (Wildman–Crippen LogP) is 6.70. The number of aryl methyl sites for hydroxylation is 1. The van der Waals surface area contributed by atoms with Gasteiger partial charge in [0.1, 0.15) is 11.3 Å². The fourth-order valence-corrected chi connectivity index (χ4v) is 3.74. The summed E-state index contributed by atoms with van der Waals surface area (Å²) in [6.45, 7) is 2.27. The molecule has 0 radical (unpaired) electrons. The zero-order valence-corrected chi connectivity index (χ0v) is 15.6. The molecule has 0 aliphatic carbocycles. The minimum atomic E-state index is 0.713. The van der Waals surface area contributed by atoms with E-state index in [-0.39, 0.29) is 0 Å². The van der Waals surface area contributed by atoms with Crippen molar-refractivity contribution in [2.24, 2.45) is 0 Å². The number of carbonyl (C=O) groups is 1. The minimum Gasteiger partial charge on any atom is -0.298 e. The van der Waals surface area contributed by atoms with Crippen LogP contribution >= 0.6 is 11.3 Å². The third-order valence-electron chi connectivity index (χ3n) is 4.38. The first-order valence-corrected chi connectivity index (χ1v) is 10.2. The van der Waals surface area contributed by atoms with Crippen molar-refractivity contribution in [3.8, 4) is 10.6 Å². The molecule has 1 aromatic heterocycles. The summed E-state index contributed by atoms with van der Waals surface area (Å²) in [5.41, 5.74) is 3.02. The fraction of sp³-hybridized carbons (Fsp3) is 0.524. The number of aldehydes is 1. The number of carbonyl (C=O) groups excluding carboxylic acids is 1. The molecule has 0 saturated carbocycles. The molecule has 0 aliphatic heterocycles. The van der Waals surface area contributed by atoms with Gasteiger partial charge in [0, 0.05) is 16.5 Å². The molecule has 0 atom stereocenters. The third kappa shape index (κ3) is 6.56. The molecule has 0 N–H and O–H groups in total. The number of hydrogen-bond acceptors (Lipinski definition) is 3. The van der Waals surface area contributed by atoms with Crippen molar-refractivity contribution in [3.05, 3.63) is 40.9 Å². The van der Waals surface area contributed by atoms with Crippen molar-refractivity contribution in [2.75, 3.05) is 0 Å². The molecule has 130 valence electrons. The molecule has 0 amide bonds. The van der Waals surface area contributed by atoms with Gasteiger partial charge in [-0.1, -0.05) is 82.6 Å². The first-order chi connectivity index (χ1) is 11.8. The summed E-state index contributed by atoms with van der Waals surface area (Å²) >= 11 is 1.70. The van der Waals surface area contributed by atoms with E-state index in [4.69, 9.17) is 4.98 Å². The zero-order chi connectivity index (χ0) is 17.0. The minimum absolute atomic E-state index is 0.713. The molecule has 3 heteroatoms. The number of unbranched alkanes of at least 4 members (excludes halogenated alkanes) is 8. The van der Waals surface area contributed by atoms with Crippen LogP contribution in [-0.2, 0) is 6.42 Å². The number of aromatic nitrogens is 1. The summed E-state index contributed by atoms with van der Waals surface area (Å²) in [6, 6.07) is 7.66. The second-order valence-electron chi connectivity index (χ2n) is 6.46. The van der Waals surface area contributed by atoms with E-state index in [1.54, 1.807) is 11.3 Å². The molecule has 0 aliphatic rings. The monoisotopic (exact) mass is 343 g/mol. The van der Waals surface area contributed by atoms with Crippen LogP contribution in [0.5, 0.6) is 0 Å². The summed E-state index contributed by atoms with van der Waals surface area (Å²) in [5.74, 6) is 0. The Morgan fingerprint density at radius 2 is 1.54 bits per heavy atom. The van der Waals surface area contributed by atoms with E-state index in [9.17, 15) is 4.79 Å². The molecule has 0 spiro atoms. The second-order valence-corrected chi connectivity index (χ2v) is 7.32. The van der Waals surface area contributed by atoms with E-state index in [1.165, 1.54) is 63.5 Å². The number of rotatable bonds is 12. The summed E-state index contributed by atoms with van der Waals surface area (Å²) in [7, 11) is 0. The van der Waals surface area contributed by atoms with Crippen molar-refractivity contribution in [3.63, 3.8) is 0 Å². The van der Waals surface area contributed by atoms with Crippen molar-refractivity contribution in [1.82, 2.24) is 4.98 Å². The van der Waals surface area contributed by atoms with Crippen LogP contribution < -0.4 is 0 Å². The van der Waals surface area contributed by atoms with E-state index in [1.807, 2.05) is 24.3 Å². The largest absolute Gasteiger partial charge is 0.298 e. The highest BCUT2D eigenvalue weighted by Gasteiger charge is 2.05. The predicted molar refractivity (Wildman–Crippen MR) is 104 cm³/mol. The van der Waals surface area contributed by atoms with E-state index in [0.29, 0.717) is 5.56 Å². The lowest BCUT2D eigenvalue weighted by Gasteiger charge is -2.01. The average molecular weight is 344 g/mol. The Balaban J connectivity index is 1.64. The molecule has 1 heterocycles. The zero-order valence-electron chi connectivity index (χ0n) is 14.8. The van der Waals surface area contributed by atoms with E-state index in [2.05, 4.69) is 12.3 Å². The Bertz CT molecular complexity index is 588. The van der Waals surface area contributed by atoms with Crippen LogP contribution in [0.25, 0.3) is 10.6 Å². The standard InChI is InChI=1S/C21H29NOS/c1-2-3-4-5-6-7-8-9-10-11-20-17-24-21(22-20)19-14-12-18(16-23)13-15-19/h12-17H,2-11H2,1H3. The van der Waals surface area contributed by atoms with Crippen LogP contribution in [0, 0.1) is 0 Å². The molecule has 2 aromatic rings. The number of nitrogens with zero attached hydrogens (tertiary/aromatic N) is 1. The highest BCUT2D eigenvalue weighted by atomic mass is 32.1. The Morgan fingerprint density at radius 3 is 2.17 bits per heavy atom. The van der Waals surface area contributed by atoms with Crippen LogP contribution in [-0.4, -0.2) is 11.3 Å². The van der Waals surface area contributed by atoms with Crippen LogP contribution in [0.2, 0.25) is 0 Å². The Hall–Kier alpha value is -1.48. The SMILES string of the molecule is CCCCCCCCCCCc1csc(-c2ccc(C=O)cc2)n1. The molecular formula is C21H29NOS. The molecule has 0 fully saturated rings. The smallest absolute Gasteiger partial charge is 0.150 e. The van der Waals surface area contributed by atoms with Gasteiger partial charge in [0.15, 0.2) is 0 Å². The first-order valence-electron chi connectivity index (χ1n) is 9.33. The molecule has 2 nitrogen and oxygen atoms in total. The van der Waals surface area contributed by atoms with Gasteiger partial charge in [0.25, 0.3) is 0 Å². The molecule has 2 rings (SSSR count). The van der Waals surface area contributed by atoms with Crippen molar-refractivity contribution >= 4 is 17.6 Å². The molecule has 24 heavy (non-hydrogen) atoms. The summed E-state index contributed by atoms with van der Waals surface area (Å²) in [6.07, 6.45) is 14.2. The van der Waals surface area contributed by atoms with Gasteiger partial charge < -0.3 is 0 Å². The summed E-state index contributed by atoms with van der Waals surface area (Å²) in [4.78, 5) is 15.4. The summed E-state index contributed by atoms with van der Waals surface area (Å²) in [5, 5.41) is 3.23. The second kappa shape index (κ2) is 11.1. The lowest BCUT2D eigenvalue weighted by molar-refractivity contribution is 0.112. The molecular weight excluding hydrogens is 314 g/mol. The molecule has 0 unspecified atom stereocenters. The van der Waals surface area contributed by atoms with E-state index in [0.717, 1.165) is 23.3 Å². The van der Waals surface area contributed by atoms with E-state index >= 15 is 0 Å². The maximum atomic E-state index is 10.7. The Labute approximate surface area is 150 Å². The van der Waals surface area contributed by atoms with Crippen LogP contribution in [0.15, 0.2) is 29.6 Å². The van der Waals surface area contributed by atoms with Gasteiger partial charge in [-0.25, -0.2) is 4.98 Å². The van der Waals surface area contributed by atoms with Crippen LogP contribution in [0.1, 0.15) is 80.8 Å². The highest BCUT2D eigenvalue weighted by molar-refractivity contribution is 7.13. The van der Waals surface area contributed by atoms with Gasteiger partial charge in [-0.3, -0.25) is 4.79 Å². The van der Waals surface area contributed by atoms with Crippen molar-refractivity contribution in [1.29, 1.82) is 0 Å². The molecule has 0 bridgehead atoms. The number of thiazole rings is 1. The van der Waals surface area contributed by atoms with Gasteiger partial charge in [-0.15, -0.1) is 11.3 Å². The summed E-state index contributed by atoms with van der Waals surface area (Å²) < 4.78 is 0. The number of hydrogen-bond donors (Lipinski definition) is 0. The third-order valence-corrected chi connectivity index (χ3v) is 5.32. The lowest BCUT2D eigenvalue weighted by atomic mass is 10.1. The quantitative estimate of drug-likeness (QED) is 0.317. The van der Waals surface area contributed by atoms with Gasteiger partial charge in [-0.05, 0) is 12.8 Å². The maximum Gasteiger partial charge on any atom is 0.150 e. The highest BCUT2D eigenvalue weighted by Crippen LogP contribution is 2.24. The first kappa shape index (κ1) is 18.9. The topological polar surface area (TPSA) is 30.0 Å². The van der Waals surface area contributed by atoms with Gasteiger partial charge >= 0.3 is 0 Å². The van der Waals surface area contributed by atoms with Crippen LogP contribution in [0.4, 0.5) is 0 Å². The van der Waals surface area contributed by atoms with Crippen LogP contribution in [0.3, 0.4) is 0 Å². The van der Waals surface area contributed by atoms with E-state index < -0.39 is 0 Å². The van der Waals surface area contributed by atoms with Gasteiger partial charge in [0.05, 0.1) is 5.69 Å². The molecule has 0 saturated heterocycles. The average Bonchev–Trinajstić information content (AvgIpc) is 3.09. The van der Waals surface area contributed by atoms with Crippen molar-refractivity contribution in [2.45, 2.75) is 71.1 Å².